The van der Waals surface area contributed by atoms with E-state index in [0.717, 1.165) is 45.4 Å². The molecule has 1 saturated heterocycles. The molecular formula is C46H86N2O3. The summed E-state index contributed by atoms with van der Waals surface area (Å²) in [6.45, 7) is 9.03. The molecule has 0 aliphatic carbocycles. The standard InChI is InChI=1S/C46H86N2O3/c1-4-6-8-10-12-14-16-18-20-22-24-26-28-30-32-34-40-48(46(49)51-43-38-45-37-36-39-47(45)3)41-44-50-42-35-33-31-29-27-25-23-21-19-17-15-13-11-9-7-5-2/h12,14,18-21,45H,4-11,13,15-17,22-44H2,1-3H3/b14-12-,20-18-,21-19-. The zero-order valence-electron chi connectivity index (χ0n) is 34.4. The highest BCUT2D eigenvalue weighted by atomic mass is 16.6. The monoisotopic (exact) mass is 715 g/mol. The van der Waals surface area contributed by atoms with Gasteiger partial charge in [-0.2, -0.15) is 0 Å². The van der Waals surface area contributed by atoms with Gasteiger partial charge in [-0.1, -0.05) is 147 Å². The Labute approximate surface area is 318 Å². The van der Waals surface area contributed by atoms with Gasteiger partial charge in [0.1, 0.15) is 0 Å². The van der Waals surface area contributed by atoms with Crippen LogP contribution in [0.15, 0.2) is 36.5 Å². The number of ether oxygens (including phenoxy) is 2. The number of nitrogens with zero attached hydrogens (tertiary/aromatic N) is 2. The van der Waals surface area contributed by atoms with Crippen molar-refractivity contribution in [2.45, 2.75) is 206 Å². The summed E-state index contributed by atoms with van der Waals surface area (Å²) in [5, 5.41) is 0. The van der Waals surface area contributed by atoms with Crippen molar-refractivity contribution >= 4 is 6.09 Å². The Morgan fingerprint density at radius 3 is 1.65 bits per heavy atom. The van der Waals surface area contributed by atoms with E-state index in [4.69, 9.17) is 9.47 Å². The van der Waals surface area contributed by atoms with E-state index in [2.05, 4.69) is 62.3 Å². The van der Waals surface area contributed by atoms with Crippen molar-refractivity contribution in [3.05, 3.63) is 36.5 Å². The summed E-state index contributed by atoms with van der Waals surface area (Å²) in [5.41, 5.74) is 0. The summed E-state index contributed by atoms with van der Waals surface area (Å²) in [5.74, 6) is 0. The average Bonchev–Trinajstić information content (AvgIpc) is 3.55. The van der Waals surface area contributed by atoms with Crippen LogP contribution in [0.25, 0.3) is 0 Å². The van der Waals surface area contributed by atoms with Gasteiger partial charge in [0.25, 0.3) is 0 Å². The fourth-order valence-corrected chi connectivity index (χ4v) is 7.03. The first-order chi connectivity index (χ1) is 25.2. The van der Waals surface area contributed by atoms with Crippen LogP contribution in [0.1, 0.15) is 200 Å². The number of carbonyl (C=O) groups is 1. The topological polar surface area (TPSA) is 42.0 Å². The van der Waals surface area contributed by atoms with Gasteiger partial charge >= 0.3 is 6.09 Å². The van der Waals surface area contributed by atoms with Gasteiger partial charge < -0.3 is 19.3 Å². The molecule has 0 aromatic rings. The van der Waals surface area contributed by atoms with E-state index in [-0.39, 0.29) is 6.09 Å². The zero-order valence-corrected chi connectivity index (χ0v) is 34.4. The molecule has 1 rings (SSSR count). The van der Waals surface area contributed by atoms with Crippen molar-refractivity contribution in [2.75, 3.05) is 46.5 Å². The van der Waals surface area contributed by atoms with Gasteiger partial charge in [0.05, 0.1) is 13.2 Å². The van der Waals surface area contributed by atoms with Gasteiger partial charge in [-0.25, -0.2) is 4.79 Å². The Kier molecular flexibility index (Phi) is 35.5. The third kappa shape index (κ3) is 31.6. The molecule has 1 aliphatic rings. The fourth-order valence-electron chi connectivity index (χ4n) is 7.03. The van der Waals surface area contributed by atoms with Crippen molar-refractivity contribution in [1.29, 1.82) is 0 Å². The molecule has 0 spiro atoms. The molecule has 0 aromatic carbocycles. The quantitative estimate of drug-likeness (QED) is 0.0474. The Bertz CT molecular complexity index is 825. The van der Waals surface area contributed by atoms with Gasteiger partial charge in [0.2, 0.25) is 0 Å². The zero-order chi connectivity index (χ0) is 36.7. The van der Waals surface area contributed by atoms with Crippen LogP contribution >= 0.6 is 0 Å². The van der Waals surface area contributed by atoms with Gasteiger partial charge in [-0.05, 0) is 103 Å². The number of hydrogen-bond acceptors (Lipinski definition) is 4. The van der Waals surface area contributed by atoms with Crippen molar-refractivity contribution in [1.82, 2.24) is 9.80 Å². The minimum atomic E-state index is -0.154. The van der Waals surface area contributed by atoms with Crippen LogP contribution in [0.3, 0.4) is 0 Å². The molecule has 5 heteroatoms. The van der Waals surface area contributed by atoms with Crippen molar-refractivity contribution < 1.29 is 14.3 Å². The first kappa shape index (κ1) is 47.4. The second-order valence-corrected chi connectivity index (χ2v) is 15.3. The molecule has 1 unspecified atom stereocenters. The molecule has 1 atom stereocenters. The summed E-state index contributed by atoms with van der Waals surface area (Å²) in [4.78, 5) is 17.3. The summed E-state index contributed by atoms with van der Waals surface area (Å²) < 4.78 is 11.8. The maximum atomic E-state index is 13.0. The highest BCUT2D eigenvalue weighted by molar-refractivity contribution is 5.67. The maximum absolute atomic E-state index is 13.0. The predicted molar refractivity (Wildman–Crippen MR) is 223 cm³/mol. The van der Waals surface area contributed by atoms with Gasteiger partial charge in [-0.3, -0.25) is 0 Å². The molecule has 1 aliphatic heterocycles. The van der Waals surface area contributed by atoms with Gasteiger partial charge in [0, 0.05) is 25.7 Å². The van der Waals surface area contributed by atoms with Crippen LogP contribution in [0, 0.1) is 0 Å². The highest BCUT2D eigenvalue weighted by Crippen LogP contribution is 2.18. The van der Waals surface area contributed by atoms with Gasteiger partial charge in [-0.15, -0.1) is 0 Å². The number of carbonyl (C=O) groups excluding carboxylic acids is 1. The average molecular weight is 715 g/mol. The van der Waals surface area contributed by atoms with Crippen LogP contribution in [0.2, 0.25) is 0 Å². The van der Waals surface area contributed by atoms with E-state index in [1.807, 2.05) is 4.90 Å². The van der Waals surface area contributed by atoms with Crippen LogP contribution in [0.5, 0.6) is 0 Å². The van der Waals surface area contributed by atoms with Crippen molar-refractivity contribution in [3.63, 3.8) is 0 Å². The Hall–Kier alpha value is -1.59. The van der Waals surface area contributed by atoms with E-state index in [1.165, 1.54) is 161 Å². The number of amides is 1. The van der Waals surface area contributed by atoms with Crippen molar-refractivity contribution in [2.24, 2.45) is 0 Å². The number of allylic oxidation sites excluding steroid dienone is 6. The first-order valence-corrected chi connectivity index (χ1v) is 22.3. The molecule has 1 heterocycles. The molecule has 298 valence electrons. The van der Waals surface area contributed by atoms with E-state index in [9.17, 15) is 4.79 Å². The van der Waals surface area contributed by atoms with Crippen LogP contribution in [0.4, 0.5) is 4.79 Å². The second-order valence-electron chi connectivity index (χ2n) is 15.3. The molecule has 0 saturated carbocycles. The predicted octanol–water partition coefficient (Wildman–Crippen LogP) is 13.8. The Morgan fingerprint density at radius 2 is 1.08 bits per heavy atom. The van der Waals surface area contributed by atoms with E-state index in [1.54, 1.807) is 0 Å². The number of unbranched alkanes of at least 4 members (excludes halogenated alkanes) is 21. The smallest absolute Gasteiger partial charge is 0.409 e. The summed E-state index contributed by atoms with van der Waals surface area (Å²) >= 11 is 0. The van der Waals surface area contributed by atoms with Crippen LogP contribution < -0.4 is 0 Å². The Balaban J connectivity index is 2.12. The van der Waals surface area contributed by atoms with Crippen LogP contribution in [-0.4, -0.2) is 68.4 Å². The van der Waals surface area contributed by atoms with Gasteiger partial charge in [0.15, 0.2) is 0 Å². The Morgan fingerprint density at radius 1 is 0.588 bits per heavy atom. The van der Waals surface area contributed by atoms with E-state index in [0.29, 0.717) is 25.8 Å². The van der Waals surface area contributed by atoms with Crippen molar-refractivity contribution in [3.8, 4) is 0 Å². The largest absolute Gasteiger partial charge is 0.449 e. The molecule has 0 aromatic heterocycles. The summed E-state index contributed by atoms with van der Waals surface area (Å²) in [6, 6.07) is 0.554. The van der Waals surface area contributed by atoms with Crippen LogP contribution in [-0.2, 0) is 9.47 Å². The normalized spacial score (nSPS) is 15.3. The minimum Gasteiger partial charge on any atom is -0.449 e. The van der Waals surface area contributed by atoms with E-state index >= 15 is 0 Å². The number of likely N-dealkylation sites (tertiary alicyclic amines) is 1. The van der Waals surface area contributed by atoms with E-state index < -0.39 is 0 Å². The maximum Gasteiger partial charge on any atom is 0.409 e. The lowest BCUT2D eigenvalue weighted by molar-refractivity contribution is 0.0693. The third-order valence-electron chi connectivity index (χ3n) is 10.5. The third-order valence-corrected chi connectivity index (χ3v) is 10.5. The molecule has 0 radical (unpaired) electrons. The molecule has 1 fully saturated rings. The second kappa shape index (κ2) is 38.1. The summed E-state index contributed by atoms with van der Waals surface area (Å²) in [6.07, 6.45) is 50.6. The molecule has 0 N–H and O–H groups in total. The molecule has 1 amide bonds. The molecular weight excluding hydrogens is 629 g/mol. The first-order valence-electron chi connectivity index (χ1n) is 22.3. The molecule has 5 nitrogen and oxygen atoms in total. The summed E-state index contributed by atoms with van der Waals surface area (Å²) in [7, 11) is 2.19. The minimum absolute atomic E-state index is 0.154. The highest BCUT2D eigenvalue weighted by Gasteiger charge is 2.22. The lowest BCUT2D eigenvalue weighted by Gasteiger charge is -2.24. The molecule has 51 heavy (non-hydrogen) atoms. The number of rotatable bonds is 37. The lowest BCUT2D eigenvalue weighted by Crippen LogP contribution is -2.36. The molecule has 0 bridgehead atoms. The SMILES string of the molecule is CCCCC/C=C\C/C=C\CCCCCCCCN(CCOCCCCCCCC/C=C\CCCCCCCC)C(=O)OCCC1CCCN1C. The lowest BCUT2D eigenvalue weighted by atomic mass is 10.1. The fraction of sp³-hybridized carbons (Fsp3) is 0.848. The number of hydrogen-bond donors (Lipinski definition) is 0.